The van der Waals surface area contributed by atoms with Crippen molar-refractivity contribution in [1.82, 2.24) is 9.78 Å². The van der Waals surface area contributed by atoms with Gasteiger partial charge in [0, 0.05) is 7.05 Å². The fourth-order valence-electron chi connectivity index (χ4n) is 1.60. The molecular weight excluding hydrogens is 218 g/mol. The molecule has 2 aromatic rings. The molecule has 0 aliphatic rings. The summed E-state index contributed by atoms with van der Waals surface area (Å²) in [5.41, 5.74) is 6.64. The molecule has 0 saturated heterocycles. The van der Waals surface area contributed by atoms with Crippen molar-refractivity contribution >= 4 is 11.6 Å². The van der Waals surface area contributed by atoms with Crippen molar-refractivity contribution in [3.8, 4) is 5.75 Å². The molecule has 5 heteroatoms. The van der Waals surface area contributed by atoms with Gasteiger partial charge in [0.05, 0.1) is 24.4 Å². The normalized spacial score (nSPS) is 10.2. The molecule has 2 N–H and O–H groups in total. The number of nitrogens with zero attached hydrogens (tertiary/aromatic N) is 2. The Bertz CT molecular complexity index is 561. The van der Waals surface area contributed by atoms with Crippen LogP contribution >= 0.6 is 0 Å². The summed E-state index contributed by atoms with van der Waals surface area (Å²) < 4.78 is 6.61. The van der Waals surface area contributed by atoms with Crippen LogP contribution in [-0.4, -0.2) is 22.7 Å². The maximum atomic E-state index is 12.2. The number of ether oxygens (including phenoxy) is 1. The van der Waals surface area contributed by atoms with Crippen molar-refractivity contribution in [2.45, 2.75) is 0 Å². The summed E-state index contributed by atoms with van der Waals surface area (Å²) in [6.07, 6.45) is 1.46. The van der Waals surface area contributed by atoms with Gasteiger partial charge in [-0.1, -0.05) is 12.1 Å². The van der Waals surface area contributed by atoms with E-state index in [1.54, 1.807) is 25.2 Å². The van der Waals surface area contributed by atoms with Crippen molar-refractivity contribution in [3.63, 3.8) is 0 Å². The van der Waals surface area contributed by atoms with E-state index < -0.39 is 0 Å². The number of rotatable bonds is 3. The number of carbonyl (C=O) groups excluding carboxylic acids is 1. The first-order valence-electron chi connectivity index (χ1n) is 5.10. The maximum Gasteiger partial charge on any atom is 0.202 e. The van der Waals surface area contributed by atoms with E-state index in [0.717, 1.165) is 0 Å². The van der Waals surface area contributed by atoms with Crippen molar-refractivity contribution < 1.29 is 9.53 Å². The minimum absolute atomic E-state index is 0.187. The lowest BCUT2D eigenvalue weighted by Crippen LogP contribution is -2.07. The Morgan fingerprint density at radius 2 is 2.06 bits per heavy atom. The van der Waals surface area contributed by atoms with Gasteiger partial charge in [-0.3, -0.25) is 9.48 Å². The molecule has 1 aromatic heterocycles. The number of ketones is 1. The van der Waals surface area contributed by atoms with Gasteiger partial charge < -0.3 is 10.5 Å². The van der Waals surface area contributed by atoms with E-state index in [-0.39, 0.29) is 5.78 Å². The van der Waals surface area contributed by atoms with Gasteiger partial charge in [-0.15, -0.1) is 0 Å². The predicted molar refractivity (Wildman–Crippen MR) is 64.0 cm³/mol. The summed E-state index contributed by atoms with van der Waals surface area (Å²) in [6, 6.07) is 7.03. The Balaban J connectivity index is 2.47. The highest BCUT2D eigenvalue weighted by atomic mass is 16.5. The fourth-order valence-corrected chi connectivity index (χ4v) is 1.60. The molecule has 0 aliphatic heterocycles. The second-order valence-corrected chi connectivity index (χ2v) is 3.60. The van der Waals surface area contributed by atoms with Crippen LogP contribution in [0.3, 0.4) is 0 Å². The molecule has 0 bridgehead atoms. The van der Waals surface area contributed by atoms with E-state index in [2.05, 4.69) is 5.10 Å². The second kappa shape index (κ2) is 4.29. The van der Waals surface area contributed by atoms with Crippen LogP contribution in [-0.2, 0) is 7.05 Å². The highest BCUT2D eigenvalue weighted by Crippen LogP contribution is 2.23. The lowest BCUT2D eigenvalue weighted by Gasteiger charge is -2.06. The summed E-state index contributed by atoms with van der Waals surface area (Å²) in [6.45, 7) is 0. The zero-order valence-electron chi connectivity index (χ0n) is 9.68. The largest absolute Gasteiger partial charge is 0.496 e. The molecule has 0 aliphatic carbocycles. The van der Waals surface area contributed by atoms with Crippen LogP contribution in [0.2, 0.25) is 0 Å². The molecule has 0 saturated carbocycles. The fraction of sp³-hybridized carbons (Fsp3) is 0.167. The maximum absolute atomic E-state index is 12.2. The number of methoxy groups -OCH3 is 1. The highest BCUT2D eigenvalue weighted by molar-refractivity contribution is 6.13. The van der Waals surface area contributed by atoms with Crippen LogP contribution in [0.4, 0.5) is 5.82 Å². The zero-order chi connectivity index (χ0) is 12.4. The van der Waals surface area contributed by atoms with Crippen LogP contribution < -0.4 is 10.5 Å². The van der Waals surface area contributed by atoms with E-state index in [9.17, 15) is 4.79 Å². The van der Waals surface area contributed by atoms with Crippen LogP contribution in [0.5, 0.6) is 5.75 Å². The van der Waals surface area contributed by atoms with Crippen molar-refractivity contribution in [1.29, 1.82) is 0 Å². The van der Waals surface area contributed by atoms with Gasteiger partial charge in [-0.25, -0.2) is 0 Å². The Morgan fingerprint density at radius 1 is 1.35 bits per heavy atom. The number of aromatic nitrogens is 2. The average Bonchev–Trinajstić information content (AvgIpc) is 2.69. The molecular formula is C12H13N3O2. The molecule has 17 heavy (non-hydrogen) atoms. The Hall–Kier alpha value is -2.30. The molecule has 88 valence electrons. The molecule has 0 unspecified atom stereocenters. The minimum atomic E-state index is -0.187. The monoisotopic (exact) mass is 231 g/mol. The Labute approximate surface area is 98.8 Å². The van der Waals surface area contributed by atoms with Gasteiger partial charge in [-0.2, -0.15) is 5.10 Å². The first-order valence-corrected chi connectivity index (χ1v) is 5.10. The molecule has 1 heterocycles. The number of benzene rings is 1. The highest BCUT2D eigenvalue weighted by Gasteiger charge is 2.18. The number of nitrogens with two attached hydrogens (primary N) is 1. The molecule has 5 nitrogen and oxygen atoms in total. The van der Waals surface area contributed by atoms with E-state index in [4.69, 9.17) is 10.5 Å². The van der Waals surface area contributed by atoms with E-state index in [1.807, 2.05) is 6.07 Å². The third-order valence-electron chi connectivity index (χ3n) is 2.58. The number of nitrogen functional groups attached to an aromatic ring is 1. The van der Waals surface area contributed by atoms with Crippen molar-refractivity contribution in [2.75, 3.05) is 12.8 Å². The Morgan fingerprint density at radius 3 is 2.65 bits per heavy atom. The molecule has 0 fully saturated rings. The number of carbonyl (C=O) groups is 1. The average molecular weight is 231 g/mol. The molecule has 1 aromatic carbocycles. The van der Waals surface area contributed by atoms with E-state index >= 15 is 0 Å². The van der Waals surface area contributed by atoms with Gasteiger partial charge in [0.15, 0.2) is 0 Å². The van der Waals surface area contributed by atoms with Crippen LogP contribution in [0.25, 0.3) is 0 Å². The number of anilines is 1. The minimum Gasteiger partial charge on any atom is -0.496 e. The van der Waals surface area contributed by atoms with Gasteiger partial charge in [0.2, 0.25) is 5.78 Å². The summed E-state index contributed by atoms with van der Waals surface area (Å²) in [5, 5.41) is 3.95. The van der Waals surface area contributed by atoms with Crippen LogP contribution in [0.1, 0.15) is 15.9 Å². The molecule has 0 amide bonds. The lowest BCUT2D eigenvalue weighted by molar-refractivity contribution is 0.103. The third kappa shape index (κ3) is 1.87. The SMILES string of the molecule is COc1ccccc1C(=O)c1cnn(C)c1N. The zero-order valence-corrected chi connectivity index (χ0v) is 9.68. The molecule has 0 radical (unpaired) electrons. The first kappa shape index (κ1) is 11.2. The third-order valence-corrected chi connectivity index (χ3v) is 2.58. The standard InChI is InChI=1S/C12H13N3O2/c1-15-12(13)9(7-14-15)11(16)8-5-3-4-6-10(8)17-2/h3-7H,13H2,1-2H3. The quantitative estimate of drug-likeness (QED) is 0.807. The Kier molecular flexibility index (Phi) is 2.82. The summed E-state index contributed by atoms with van der Waals surface area (Å²) in [5.74, 6) is 0.690. The molecule has 0 spiro atoms. The first-order chi connectivity index (χ1) is 8.15. The lowest BCUT2D eigenvalue weighted by atomic mass is 10.0. The number of hydrogen-bond donors (Lipinski definition) is 1. The molecule has 2 rings (SSSR count). The van der Waals surface area contributed by atoms with Crippen molar-refractivity contribution in [2.24, 2.45) is 7.05 Å². The summed E-state index contributed by atoms with van der Waals surface area (Å²) >= 11 is 0. The number of hydrogen-bond acceptors (Lipinski definition) is 4. The number of para-hydroxylation sites is 1. The van der Waals surface area contributed by atoms with Crippen molar-refractivity contribution in [3.05, 3.63) is 41.6 Å². The van der Waals surface area contributed by atoms with Gasteiger partial charge in [-0.05, 0) is 12.1 Å². The van der Waals surface area contributed by atoms with Gasteiger partial charge in [0.25, 0.3) is 0 Å². The predicted octanol–water partition coefficient (Wildman–Crippen LogP) is 1.24. The van der Waals surface area contributed by atoms with Gasteiger partial charge in [0.1, 0.15) is 11.6 Å². The number of aryl methyl sites for hydroxylation is 1. The smallest absolute Gasteiger partial charge is 0.202 e. The van der Waals surface area contributed by atoms with E-state index in [0.29, 0.717) is 22.7 Å². The second-order valence-electron chi connectivity index (χ2n) is 3.60. The summed E-state index contributed by atoms with van der Waals surface area (Å²) in [4.78, 5) is 12.2. The summed E-state index contributed by atoms with van der Waals surface area (Å²) in [7, 11) is 3.22. The van der Waals surface area contributed by atoms with Crippen LogP contribution in [0, 0.1) is 0 Å². The molecule has 0 atom stereocenters. The topological polar surface area (TPSA) is 70.1 Å². The van der Waals surface area contributed by atoms with E-state index in [1.165, 1.54) is 18.0 Å². The van der Waals surface area contributed by atoms with Crippen LogP contribution in [0.15, 0.2) is 30.5 Å². The van der Waals surface area contributed by atoms with Gasteiger partial charge >= 0.3 is 0 Å².